The van der Waals surface area contributed by atoms with Crippen molar-refractivity contribution >= 4 is 39.1 Å². The quantitative estimate of drug-likeness (QED) is 0.787. The van der Waals surface area contributed by atoms with Gasteiger partial charge >= 0.3 is 0 Å². The van der Waals surface area contributed by atoms with Crippen molar-refractivity contribution in [3.8, 4) is 0 Å². The van der Waals surface area contributed by atoms with Crippen molar-refractivity contribution in [2.24, 2.45) is 10.4 Å². The summed E-state index contributed by atoms with van der Waals surface area (Å²) in [5.74, 6) is -0.114. The number of thiazole rings is 1. The van der Waals surface area contributed by atoms with Crippen molar-refractivity contribution in [3.63, 3.8) is 0 Å². The molecule has 0 atom stereocenters. The van der Waals surface area contributed by atoms with E-state index >= 15 is 0 Å². The molecule has 0 unspecified atom stereocenters. The zero-order valence-electron chi connectivity index (χ0n) is 11.5. The summed E-state index contributed by atoms with van der Waals surface area (Å²) in [6.45, 7) is 8.37. The maximum Gasteiger partial charge on any atom is 0.253 e. The largest absolute Gasteiger partial charge is 0.315 e. The van der Waals surface area contributed by atoms with Gasteiger partial charge in [0.15, 0.2) is 4.80 Å². The van der Waals surface area contributed by atoms with Crippen molar-refractivity contribution in [2.75, 3.05) is 0 Å². The van der Waals surface area contributed by atoms with Gasteiger partial charge in [0.2, 0.25) is 0 Å². The van der Waals surface area contributed by atoms with Gasteiger partial charge in [0, 0.05) is 12.0 Å². The van der Waals surface area contributed by atoms with Crippen LogP contribution in [0.1, 0.15) is 27.7 Å². The number of hydrogen-bond donors (Lipinski definition) is 0. The van der Waals surface area contributed by atoms with Gasteiger partial charge in [0.25, 0.3) is 5.91 Å². The topological polar surface area (TPSA) is 34.4 Å². The number of amides is 1. The Bertz CT molecular complexity index is 692. The Morgan fingerprint density at radius 2 is 2.11 bits per heavy atom. The number of carbonyl (C=O) groups excluding carboxylic acids is 1. The molecule has 102 valence electrons. The standard InChI is InChI=1S/C14H17ClN2OS/c1-5-17-11-9(15)7-6-8-10(11)19-13(17)16-12(18)14(2,3)4/h6-8H,5H2,1-4H3. The Balaban J connectivity index is 2.72. The summed E-state index contributed by atoms with van der Waals surface area (Å²) >= 11 is 7.74. The smallest absolute Gasteiger partial charge is 0.253 e. The zero-order valence-corrected chi connectivity index (χ0v) is 13.1. The molecule has 0 bridgehead atoms. The minimum absolute atomic E-state index is 0.114. The first-order valence-corrected chi connectivity index (χ1v) is 7.41. The van der Waals surface area contributed by atoms with E-state index in [0.29, 0.717) is 9.82 Å². The van der Waals surface area contributed by atoms with E-state index in [1.165, 1.54) is 11.3 Å². The van der Waals surface area contributed by atoms with Crippen molar-refractivity contribution < 1.29 is 4.79 Å². The van der Waals surface area contributed by atoms with Crippen molar-refractivity contribution in [3.05, 3.63) is 28.0 Å². The van der Waals surface area contributed by atoms with E-state index in [1.54, 1.807) is 0 Å². The molecule has 0 spiro atoms. The molecule has 0 saturated heterocycles. The van der Waals surface area contributed by atoms with Crippen LogP contribution in [-0.2, 0) is 11.3 Å². The van der Waals surface area contributed by atoms with Gasteiger partial charge in [-0.1, -0.05) is 49.8 Å². The fourth-order valence-electron chi connectivity index (χ4n) is 1.72. The van der Waals surface area contributed by atoms with Crippen LogP contribution < -0.4 is 4.80 Å². The average molecular weight is 297 g/mol. The molecule has 0 radical (unpaired) electrons. The minimum atomic E-state index is -0.467. The lowest BCUT2D eigenvalue weighted by Crippen LogP contribution is -2.23. The first-order valence-electron chi connectivity index (χ1n) is 6.21. The van der Waals surface area contributed by atoms with Crippen molar-refractivity contribution in [1.82, 2.24) is 4.57 Å². The second kappa shape index (κ2) is 5.10. The molecule has 1 amide bonds. The van der Waals surface area contributed by atoms with E-state index in [-0.39, 0.29) is 5.91 Å². The van der Waals surface area contributed by atoms with Gasteiger partial charge in [-0.3, -0.25) is 4.79 Å². The molecule has 0 fully saturated rings. The highest BCUT2D eigenvalue weighted by molar-refractivity contribution is 7.16. The third kappa shape index (κ3) is 2.74. The molecule has 0 aliphatic rings. The lowest BCUT2D eigenvalue weighted by Gasteiger charge is -2.11. The van der Waals surface area contributed by atoms with Crippen LogP contribution in [0.5, 0.6) is 0 Å². The monoisotopic (exact) mass is 296 g/mol. The summed E-state index contributed by atoms with van der Waals surface area (Å²) in [5.41, 5.74) is 0.489. The third-order valence-corrected chi connectivity index (χ3v) is 4.16. The van der Waals surface area contributed by atoms with E-state index in [2.05, 4.69) is 4.99 Å². The summed E-state index contributed by atoms with van der Waals surface area (Å²) in [5, 5.41) is 0.695. The fraction of sp³-hybridized carbons (Fsp3) is 0.429. The number of fused-ring (bicyclic) bond motifs is 1. The molecule has 1 aromatic heterocycles. The Labute approximate surface area is 121 Å². The molecule has 1 aromatic carbocycles. The number of rotatable bonds is 1. The van der Waals surface area contributed by atoms with Gasteiger partial charge in [0.1, 0.15) is 0 Å². The Kier molecular flexibility index (Phi) is 3.83. The van der Waals surface area contributed by atoms with Crippen LogP contribution in [0, 0.1) is 5.41 Å². The molecule has 2 aromatic rings. The predicted molar refractivity (Wildman–Crippen MR) is 80.5 cm³/mol. The first-order chi connectivity index (χ1) is 8.84. The van der Waals surface area contributed by atoms with E-state index in [0.717, 1.165) is 16.8 Å². The molecule has 1 heterocycles. The van der Waals surface area contributed by atoms with Gasteiger partial charge in [-0.15, -0.1) is 0 Å². The Hall–Kier alpha value is -1.13. The van der Waals surface area contributed by atoms with E-state index < -0.39 is 5.41 Å². The maximum absolute atomic E-state index is 12.1. The number of nitrogens with zero attached hydrogens (tertiary/aromatic N) is 2. The summed E-state index contributed by atoms with van der Waals surface area (Å²) in [6.07, 6.45) is 0. The van der Waals surface area contributed by atoms with Gasteiger partial charge in [-0.25, -0.2) is 0 Å². The van der Waals surface area contributed by atoms with Crippen LogP contribution in [0.15, 0.2) is 23.2 Å². The SMILES string of the molecule is CCn1c(=NC(=O)C(C)(C)C)sc2cccc(Cl)c21. The van der Waals surface area contributed by atoms with E-state index in [1.807, 2.05) is 50.5 Å². The van der Waals surface area contributed by atoms with E-state index in [4.69, 9.17) is 11.6 Å². The van der Waals surface area contributed by atoms with Crippen molar-refractivity contribution in [1.29, 1.82) is 0 Å². The second-order valence-corrected chi connectivity index (χ2v) is 6.80. The normalized spacial score (nSPS) is 13.2. The molecular weight excluding hydrogens is 280 g/mol. The molecule has 19 heavy (non-hydrogen) atoms. The maximum atomic E-state index is 12.1. The van der Waals surface area contributed by atoms with Crippen LogP contribution in [0.3, 0.4) is 0 Å². The highest BCUT2D eigenvalue weighted by atomic mass is 35.5. The lowest BCUT2D eigenvalue weighted by atomic mass is 9.96. The van der Waals surface area contributed by atoms with Crippen LogP contribution >= 0.6 is 22.9 Å². The summed E-state index contributed by atoms with van der Waals surface area (Å²) in [7, 11) is 0. The predicted octanol–water partition coefficient (Wildman–Crippen LogP) is 3.85. The molecule has 0 N–H and O–H groups in total. The summed E-state index contributed by atoms with van der Waals surface area (Å²) < 4.78 is 3.04. The number of carbonyl (C=O) groups is 1. The molecular formula is C14H17ClN2OS. The number of aromatic nitrogens is 1. The van der Waals surface area contributed by atoms with Gasteiger partial charge in [0.05, 0.1) is 15.2 Å². The van der Waals surface area contributed by atoms with Crippen LogP contribution in [-0.4, -0.2) is 10.5 Å². The van der Waals surface area contributed by atoms with Crippen LogP contribution in [0.2, 0.25) is 5.02 Å². The molecule has 2 rings (SSSR count). The van der Waals surface area contributed by atoms with Gasteiger partial charge in [-0.2, -0.15) is 4.99 Å². The van der Waals surface area contributed by atoms with E-state index in [9.17, 15) is 4.79 Å². The molecule has 0 saturated carbocycles. The van der Waals surface area contributed by atoms with Gasteiger partial charge < -0.3 is 4.57 Å². The second-order valence-electron chi connectivity index (χ2n) is 5.38. The molecule has 0 aliphatic heterocycles. The Morgan fingerprint density at radius 1 is 1.42 bits per heavy atom. The van der Waals surface area contributed by atoms with Crippen LogP contribution in [0.25, 0.3) is 10.2 Å². The number of para-hydroxylation sites is 1. The molecule has 0 aliphatic carbocycles. The number of hydrogen-bond acceptors (Lipinski definition) is 2. The zero-order chi connectivity index (χ0) is 14.2. The van der Waals surface area contributed by atoms with Gasteiger partial charge in [-0.05, 0) is 19.1 Å². The van der Waals surface area contributed by atoms with Crippen molar-refractivity contribution in [2.45, 2.75) is 34.2 Å². The lowest BCUT2D eigenvalue weighted by molar-refractivity contribution is -0.125. The Morgan fingerprint density at radius 3 is 2.68 bits per heavy atom. The van der Waals surface area contributed by atoms with Crippen LogP contribution in [0.4, 0.5) is 0 Å². The molecule has 3 nitrogen and oxygen atoms in total. The summed E-state index contributed by atoms with van der Waals surface area (Å²) in [4.78, 5) is 17.0. The third-order valence-electron chi connectivity index (χ3n) is 2.81. The average Bonchev–Trinajstić information content (AvgIpc) is 2.66. The number of benzene rings is 1. The fourth-order valence-corrected chi connectivity index (χ4v) is 3.17. The first kappa shape index (κ1) is 14.3. The minimum Gasteiger partial charge on any atom is -0.315 e. The highest BCUT2D eigenvalue weighted by Gasteiger charge is 2.21. The summed E-state index contributed by atoms with van der Waals surface area (Å²) in [6, 6.07) is 5.77. The number of aryl methyl sites for hydroxylation is 1. The highest BCUT2D eigenvalue weighted by Crippen LogP contribution is 2.25. The number of halogens is 1. The molecule has 5 heteroatoms.